The van der Waals surface area contributed by atoms with E-state index >= 15 is 0 Å². The average molecular weight is 403 g/mol. The van der Waals surface area contributed by atoms with Gasteiger partial charge < -0.3 is 4.90 Å². The number of nitrogens with zero attached hydrogens (tertiary/aromatic N) is 4. The maximum absolute atomic E-state index is 13.1. The van der Waals surface area contributed by atoms with E-state index in [4.69, 9.17) is 5.10 Å². The van der Waals surface area contributed by atoms with Crippen LogP contribution in [0, 0.1) is 0 Å². The molecule has 142 valence electrons. The summed E-state index contributed by atoms with van der Waals surface area (Å²) in [6, 6.07) is 8.15. The third-order valence-electron chi connectivity index (χ3n) is 5.02. The molecule has 0 spiro atoms. The van der Waals surface area contributed by atoms with Crippen LogP contribution in [-0.4, -0.2) is 65.1 Å². The van der Waals surface area contributed by atoms with E-state index in [1.54, 1.807) is 34.6 Å². The zero-order chi connectivity index (χ0) is 18.8. The van der Waals surface area contributed by atoms with Gasteiger partial charge in [0.25, 0.3) is 5.91 Å². The first-order valence-corrected chi connectivity index (χ1v) is 10.8. The van der Waals surface area contributed by atoms with Gasteiger partial charge >= 0.3 is 0 Å². The Kier molecular flexibility index (Phi) is 5.38. The van der Waals surface area contributed by atoms with Crippen LogP contribution < -0.4 is 0 Å². The van der Waals surface area contributed by atoms with Gasteiger partial charge in [0.05, 0.1) is 23.2 Å². The van der Waals surface area contributed by atoms with Crippen LogP contribution >= 0.6 is 22.7 Å². The molecule has 2 amide bonds. The highest BCUT2D eigenvalue weighted by Crippen LogP contribution is 2.36. The van der Waals surface area contributed by atoms with Gasteiger partial charge in [-0.1, -0.05) is 12.1 Å². The van der Waals surface area contributed by atoms with Crippen molar-refractivity contribution in [3.63, 3.8) is 0 Å². The molecule has 0 radical (unpaired) electrons. The second-order valence-electron chi connectivity index (χ2n) is 6.78. The van der Waals surface area contributed by atoms with E-state index < -0.39 is 0 Å². The minimum absolute atomic E-state index is 0.0203. The topological polar surface area (TPSA) is 56.2 Å². The Morgan fingerprint density at radius 1 is 1.11 bits per heavy atom. The summed E-state index contributed by atoms with van der Waals surface area (Å²) in [7, 11) is 0. The largest absolute Gasteiger partial charge is 0.340 e. The molecule has 1 unspecified atom stereocenters. The summed E-state index contributed by atoms with van der Waals surface area (Å²) in [5.74, 6) is 0.125. The van der Waals surface area contributed by atoms with Gasteiger partial charge in [0, 0.05) is 44.4 Å². The van der Waals surface area contributed by atoms with Crippen LogP contribution in [0.15, 0.2) is 40.1 Å². The van der Waals surface area contributed by atoms with E-state index in [1.165, 1.54) is 4.88 Å². The monoisotopic (exact) mass is 402 g/mol. The van der Waals surface area contributed by atoms with E-state index in [0.29, 0.717) is 19.6 Å². The first-order valence-electron chi connectivity index (χ1n) is 9.06. The highest BCUT2D eigenvalue weighted by Gasteiger charge is 2.35. The van der Waals surface area contributed by atoms with E-state index in [-0.39, 0.29) is 17.9 Å². The van der Waals surface area contributed by atoms with Crippen molar-refractivity contribution < 1.29 is 9.59 Å². The molecule has 27 heavy (non-hydrogen) atoms. The molecule has 0 N–H and O–H groups in total. The fraction of sp³-hybridized carbons (Fsp3) is 0.421. The normalized spacial score (nSPS) is 20.8. The molecule has 2 aliphatic rings. The van der Waals surface area contributed by atoms with Crippen LogP contribution in [0.4, 0.5) is 0 Å². The molecule has 0 saturated carbocycles. The predicted molar refractivity (Wildman–Crippen MR) is 108 cm³/mol. The molecule has 2 aromatic heterocycles. The zero-order valence-corrected chi connectivity index (χ0v) is 16.8. The van der Waals surface area contributed by atoms with Gasteiger partial charge in [-0.15, -0.1) is 22.7 Å². The van der Waals surface area contributed by atoms with Crippen molar-refractivity contribution >= 4 is 40.2 Å². The molecular weight excluding hydrogens is 380 g/mol. The number of hydrazone groups is 1. The van der Waals surface area contributed by atoms with Crippen LogP contribution in [0.2, 0.25) is 0 Å². The zero-order valence-electron chi connectivity index (χ0n) is 15.2. The molecule has 0 aromatic carbocycles. The number of carbonyl (C=O) groups is 2. The lowest BCUT2D eigenvalue weighted by Crippen LogP contribution is -2.50. The molecule has 2 aromatic rings. The van der Waals surface area contributed by atoms with Crippen molar-refractivity contribution in [3.05, 3.63) is 44.8 Å². The fourth-order valence-corrected chi connectivity index (χ4v) is 5.05. The Morgan fingerprint density at radius 2 is 1.85 bits per heavy atom. The smallest absolute Gasteiger partial charge is 0.257 e. The van der Waals surface area contributed by atoms with Gasteiger partial charge in [0.2, 0.25) is 5.91 Å². The van der Waals surface area contributed by atoms with Gasteiger partial charge in [0.1, 0.15) is 0 Å². The molecule has 4 rings (SSSR count). The third kappa shape index (κ3) is 3.97. The summed E-state index contributed by atoms with van der Waals surface area (Å²) >= 11 is 3.33. The molecule has 1 fully saturated rings. The SMILES string of the molecule is CC(=O)N1CCN(CC(=O)N2N=C(c3cccs3)CC2c2cccs2)CC1. The molecule has 2 aliphatic heterocycles. The van der Waals surface area contributed by atoms with E-state index in [1.807, 2.05) is 27.8 Å². The van der Waals surface area contributed by atoms with Crippen LogP contribution in [0.25, 0.3) is 0 Å². The Hall–Kier alpha value is -2.03. The summed E-state index contributed by atoms with van der Waals surface area (Å²) in [6.45, 7) is 4.75. The Morgan fingerprint density at radius 3 is 2.48 bits per heavy atom. The number of hydrogen-bond acceptors (Lipinski definition) is 6. The van der Waals surface area contributed by atoms with E-state index in [0.717, 1.165) is 30.1 Å². The molecule has 1 atom stereocenters. The van der Waals surface area contributed by atoms with Crippen molar-refractivity contribution in [2.45, 2.75) is 19.4 Å². The minimum Gasteiger partial charge on any atom is -0.340 e. The maximum atomic E-state index is 13.1. The van der Waals surface area contributed by atoms with Gasteiger partial charge in [0.15, 0.2) is 0 Å². The van der Waals surface area contributed by atoms with Crippen molar-refractivity contribution in [1.29, 1.82) is 0 Å². The third-order valence-corrected chi connectivity index (χ3v) is 6.91. The number of thiophene rings is 2. The van der Waals surface area contributed by atoms with Crippen LogP contribution in [-0.2, 0) is 9.59 Å². The molecule has 1 saturated heterocycles. The van der Waals surface area contributed by atoms with Gasteiger partial charge in [-0.3, -0.25) is 14.5 Å². The second kappa shape index (κ2) is 7.92. The summed E-state index contributed by atoms with van der Waals surface area (Å²) in [6.07, 6.45) is 0.755. The molecule has 0 bridgehead atoms. The van der Waals surface area contributed by atoms with Crippen LogP contribution in [0.1, 0.15) is 29.1 Å². The first-order chi connectivity index (χ1) is 13.1. The highest BCUT2D eigenvalue weighted by atomic mass is 32.1. The lowest BCUT2D eigenvalue weighted by Gasteiger charge is -2.34. The van der Waals surface area contributed by atoms with E-state index in [2.05, 4.69) is 17.0 Å². The highest BCUT2D eigenvalue weighted by molar-refractivity contribution is 7.12. The number of rotatable bonds is 4. The van der Waals surface area contributed by atoms with Gasteiger partial charge in [-0.2, -0.15) is 5.10 Å². The van der Waals surface area contributed by atoms with Gasteiger partial charge in [-0.25, -0.2) is 5.01 Å². The molecule has 6 nitrogen and oxygen atoms in total. The lowest BCUT2D eigenvalue weighted by atomic mass is 10.1. The maximum Gasteiger partial charge on any atom is 0.257 e. The summed E-state index contributed by atoms with van der Waals surface area (Å²) < 4.78 is 0. The Balaban J connectivity index is 1.47. The van der Waals surface area contributed by atoms with Crippen molar-refractivity contribution in [3.8, 4) is 0 Å². The minimum atomic E-state index is -0.0203. The molecule has 4 heterocycles. The molecule has 0 aliphatic carbocycles. The van der Waals surface area contributed by atoms with Gasteiger partial charge in [-0.05, 0) is 22.9 Å². The molecular formula is C19H22N4O2S2. The van der Waals surface area contributed by atoms with Crippen LogP contribution in [0.5, 0.6) is 0 Å². The summed E-state index contributed by atoms with van der Waals surface area (Å²) in [4.78, 5) is 30.8. The van der Waals surface area contributed by atoms with Crippen molar-refractivity contribution in [2.24, 2.45) is 5.10 Å². The number of amides is 2. The summed E-state index contributed by atoms with van der Waals surface area (Å²) in [5.41, 5.74) is 0.984. The van der Waals surface area contributed by atoms with Crippen LogP contribution in [0.3, 0.4) is 0 Å². The number of carbonyl (C=O) groups excluding carboxylic acids is 2. The predicted octanol–water partition coefficient (Wildman–Crippen LogP) is 2.65. The molecule has 8 heteroatoms. The lowest BCUT2D eigenvalue weighted by molar-refractivity contribution is -0.135. The number of hydrogen-bond donors (Lipinski definition) is 0. The quantitative estimate of drug-likeness (QED) is 0.790. The van der Waals surface area contributed by atoms with E-state index in [9.17, 15) is 9.59 Å². The Bertz CT molecular complexity index is 824. The summed E-state index contributed by atoms with van der Waals surface area (Å²) in [5, 5.41) is 10.5. The van der Waals surface area contributed by atoms with Crippen molar-refractivity contribution in [2.75, 3.05) is 32.7 Å². The average Bonchev–Trinajstić information content (AvgIpc) is 3.41. The second-order valence-corrected chi connectivity index (χ2v) is 8.71. The number of piperazine rings is 1. The standard InChI is InChI=1S/C19H22N4O2S2/c1-14(24)22-8-6-21(7-9-22)13-19(25)23-16(18-5-3-11-27-18)12-15(20-23)17-4-2-10-26-17/h2-5,10-11,16H,6-9,12-13H2,1H3. The Labute approximate surface area is 166 Å². The fourth-order valence-electron chi connectivity index (χ4n) is 3.52. The first kappa shape index (κ1) is 18.3. The van der Waals surface area contributed by atoms with Crippen molar-refractivity contribution in [1.82, 2.24) is 14.8 Å².